The van der Waals surface area contributed by atoms with Gasteiger partial charge in [0.15, 0.2) is 12.4 Å². The van der Waals surface area contributed by atoms with E-state index in [0.717, 1.165) is 5.56 Å². The molecule has 0 amide bonds. The second kappa shape index (κ2) is 10.3. The number of aryl methyl sites for hydroxylation is 1. The Labute approximate surface area is 141 Å². The van der Waals surface area contributed by atoms with Crippen molar-refractivity contribution >= 4 is 17.7 Å². The summed E-state index contributed by atoms with van der Waals surface area (Å²) >= 11 is 0. The summed E-state index contributed by atoms with van der Waals surface area (Å²) < 4.78 is 14.8. The Bertz CT molecular complexity index is 588. The van der Waals surface area contributed by atoms with Crippen LogP contribution in [0.3, 0.4) is 0 Å². The van der Waals surface area contributed by atoms with E-state index in [4.69, 9.17) is 14.2 Å². The van der Waals surface area contributed by atoms with Crippen LogP contribution in [0.25, 0.3) is 0 Å². The van der Waals surface area contributed by atoms with Gasteiger partial charge in [-0.3, -0.25) is 9.59 Å². The molecule has 0 bridgehead atoms. The minimum atomic E-state index is -0.794. The number of ketones is 1. The number of esters is 2. The van der Waals surface area contributed by atoms with Crippen LogP contribution in [0.1, 0.15) is 29.3 Å². The third-order valence-electron chi connectivity index (χ3n) is 3.05. The molecule has 130 valence electrons. The molecule has 0 radical (unpaired) electrons. The van der Waals surface area contributed by atoms with E-state index >= 15 is 0 Å². The Morgan fingerprint density at radius 2 is 1.71 bits per heavy atom. The van der Waals surface area contributed by atoms with Crippen LogP contribution in [-0.2, 0) is 23.8 Å². The fraction of sp³-hybridized carbons (Fsp3) is 0.389. The average Bonchev–Trinajstić information content (AvgIpc) is 2.56. The van der Waals surface area contributed by atoms with E-state index in [1.807, 2.05) is 13.8 Å². The predicted octanol–water partition coefficient (Wildman–Crippen LogP) is 2.25. The number of hydrogen-bond acceptors (Lipinski definition) is 6. The lowest BCUT2D eigenvalue weighted by Gasteiger charge is -2.08. The Hall–Kier alpha value is -2.47. The molecule has 0 saturated carbocycles. The lowest BCUT2D eigenvalue weighted by atomic mass is 10.1. The summed E-state index contributed by atoms with van der Waals surface area (Å²) in [5, 5.41) is 0. The van der Waals surface area contributed by atoms with Crippen LogP contribution in [0, 0.1) is 6.92 Å². The zero-order valence-corrected chi connectivity index (χ0v) is 14.0. The van der Waals surface area contributed by atoms with Crippen molar-refractivity contribution in [1.29, 1.82) is 0 Å². The second-order valence-electron chi connectivity index (χ2n) is 5.06. The average molecular weight is 334 g/mol. The van der Waals surface area contributed by atoms with Crippen LogP contribution in [0.15, 0.2) is 36.4 Å². The van der Waals surface area contributed by atoms with Gasteiger partial charge < -0.3 is 14.2 Å². The fourth-order valence-electron chi connectivity index (χ4n) is 1.71. The molecule has 0 atom stereocenters. The summed E-state index contributed by atoms with van der Waals surface area (Å²) in [6.45, 7) is 7.76. The summed E-state index contributed by atoms with van der Waals surface area (Å²) in [5.41, 5.74) is 1.42. The molecule has 24 heavy (non-hydrogen) atoms. The molecule has 0 saturated heterocycles. The second-order valence-corrected chi connectivity index (χ2v) is 5.06. The lowest BCUT2D eigenvalue weighted by molar-refractivity contribution is -0.147. The highest BCUT2D eigenvalue weighted by Gasteiger charge is 2.16. The normalized spacial score (nSPS) is 10.1. The molecule has 1 aromatic carbocycles. The van der Waals surface area contributed by atoms with Gasteiger partial charge in [0.05, 0.1) is 13.0 Å². The topological polar surface area (TPSA) is 78.9 Å². The van der Waals surface area contributed by atoms with Crippen LogP contribution in [0.2, 0.25) is 0 Å². The third kappa shape index (κ3) is 7.19. The monoisotopic (exact) mass is 334 g/mol. The van der Waals surface area contributed by atoms with Crippen LogP contribution in [0.5, 0.6) is 0 Å². The molecular formula is C18H22O6. The summed E-state index contributed by atoms with van der Waals surface area (Å²) in [5.74, 6) is -1.71. The van der Waals surface area contributed by atoms with Gasteiger partial charge in [0, 0.05) is 17.7 Å². The van der Waals surface area contributed by atoms with Gasteiger partial charge in [0.25, 0.3) is 0 Å². The molecule has 0 aromatic heterocycles. The van der Waals surface area contributed by atoms with Crippen LogP contribution in [-0.4, -0.2) is 44.1 Å². The summed E-state index contributed by atoms with van der Waals surface area (Å²) in [6.07, 6.45) is -0.288. The Morgan fingerprint density at radius 3 is 2.33 bits per heavy atom. The minimum Gasteiger partial charge on any atom is -0.463 e. The van der Waals surface area contributed by atoms with Crippen molar-refractivity contribution in [3.8, 4) is 0 Å². The highest BCUT2D eigenvalue weighted by molar-refractivity contribution is 5.99. The maximum absolute atomic E-state index is 11.9. The molecular weight excluding hydrogens is 312 g/mol. The molecule has 0 aliphatic rings. The van der Waals surface area contributed by atoms with Crippen molar-refractivity contribution in [2.45, 2.75) is 20.3 Å². The number of carbonyl (C=O) groups is 3. The standard InChI is InChI=1S/C18H22O6/c1-4-22-9-10-23-17(20)11-14(3)18(21)24-12-16(19)15-7-5-13(2)6-8-15/h5-8H,3-4,9-12H2,1-2H3. The van der Waals surface area contributed by atoms with Crippen molar-refractivity contribution in [2.75, 3.05) is 26.4 Å². The van der Waals surface area contributed by atoms with Crippen LogP contribution in [0.4, 0.5) is 0 Å². The maximum atomic E-state index is 11.9. The van der Waals surface area contributed by atoms with E-state index in [1.54, 1.807) is 24.3 Å². The maximum Gasteiger partial charge on any atom is 0.334 e. The van der Waals surface area contributed by atoms with Crippen molar-refractivity contribution in [1.82, 2.24) is 0 Å². The quantitative estimate of drug-likeness (QED) is 0.283. The number of carbonyl (C=O) groups excluding carboxylic acids is 3. The number of ether oxygens (including phenoxy) is 3. The van der Waals surface area contributed by atoms with Gasteiger partial charge in [0.1, 0.15) is 6.61 Å². The molecule has 6 heteroatoms. The van der Waals surface area contributed by atoms with Gasteiger partial charge in [-0.2, -0.15) is 0 Å². The first-order valence-electron chi connectivity index (χ1n) is 7.62. The number of benzene rings is 1. The third-order valence-corrected chi connectivity index (χ3v) is 3.05. The molecule has 0 spiro atoms. The van der Waals surface area contributed by atoms with Crippen molar-refractivity contribution in [3.05, 3.63) is 47.5 Å². The molecule has 0 aliphatic carbocycles. The SMILES string of the molecule is C=C(CC(=O)OCCOCC)C(=O)OCC(=O)c1ccc(C)cc1. The number of hydrogen-bond donors (Lipinski definition) is 0. The van der Waals surface area contributed by atoms with Gasteiger partial charge >= 0.3 is 11.9 Å². The molecule has 1 aromatic rings. The van der Waals surface area contributed by atoms with Gasteiger partial charge in [-0.15, -0.1) is 0 Å². The summed E-state index contributed by atoms with van der Waals surface area (Å²) in [4.78, 5) is 35.1. The zero-order chi connectivity index (χ0) is 17.9. The van der Waals surface area contributed by atoms with E-state index in [-0.39, 0.29) is 24.4 Å². The van der Waals surface area contributed by atoms with Crippen LogP contribution < -0.4 is 0 Å². The highest BCUT2D eigenvalue weighted by Crippen LogP contribution is 2.07. The van der Waals surface area contributed by atoms with Crippen LogP contribution >= 0.6 is 0 Å². The Kier molecular flexibility index (Phi) is 8.43. The van der Waals surface area contributed by atoms with E-state index in [9.17, 15) is 14.4 Å². The van der Waals surface area contributed by atoms with Crippen molar-refractivity contribution < 1.29 is 28.6 Å². The predicted molar refractivity (Wildman–Crippen MR) is 87.7 cm³/mol. The number of Topliss-reactive ketones (excluding diaryl/α,β-unsaturated/α-hetero) is 1. The van der Waals surface area contributed by atoms with E-state index in [2.05, 4.69) is 6.58 Å². The summed E-state index contributed by atoms with van der Waals surface area (Å²) in [7, 11) is 0. The Balaban J connectivity index is 2.33. The zero-order valence-electron chi connectivity index (χ0n) is 14.0. The first kappa shape index (κ1) is 19.6. The van der Waals surface area contributed by atoms with Crippen molar-refractivity contribution in [2.24, 2.45) is 0 Å². The molecule has 0 unspecified atom stereocenters. The molecule has 6 nitrogen and oxygen atoms in total. The van der Waals surface area contributed by atoms with E-state index in [1.165, 1.54) is 0 Å². The lowest BCUT2D eigenvalue weighted by Crippen LogP contribution is -2.18. The Morgan fingerprint density at radius 1 is 1.04 bits per heavy atom. The summed E-state index contributed by atoms with van der Waals surface area (Å²) in [6, 6.07) is 6.92. The van der Waals surface area contributed by atoms with E-state index in [0.29, 0.717) is 18.8 Å². The first-order chi connectivity index (χ1) is 11.4. The fourth-order valence-corrected chi connectivity index (χ4v) is 1.71. The number of rotatable bonds is 10. The van der Waals surface area contributed by atoms with Gasteiger partial charge in [-0.25, -0.2) is 4.79 Å². The first-order valence-corrected chi connectivity index (χ1v) is 7.62. The van der Waals surface area contributed by atoms with Gasteiger partial charge in [-0.05, 0) is 13.8 Å². The van der Waals surface area contributed by atoms with Crippen molar-refractivity contribution in [3.63, 3.8) is 0 Å². The highest BCUT2D eigenvalue weighted by atomic mass is 16.6. The molecule has 0 heterocycles. The molecule has 0 aliphatic heterocycles. The smallest absolute Gasteiger partial charge is 0.334 e. The van der Waals surface area contributed by atoms with Gasteiger partial charge in [0.2, 0.25) is 0 Å². The minimum absolute atomic E-state index is 0.0619. The largest absolute Gasteiger partial charge is 0.463 e. The van der Waals surface area contributed by atoms with E-state index < -0.39 is 18.5 Å². The molecule has 0 fully saturated rings. The van der Waals surface area contributed by atoms with Gasteiger partial charge in [-0.1, -0.05) is 36.4 Å². The molecule has 0 N–H and O–H groups in total. The molecule has 1 rings (SSSR count).